The molecule has 9 heteroatoms. The van der Waals surface area contributed by atoms with Crippen molar-refractivity contribution in [1.29, 1.82) is 0 Å². The smallest absolute Gasteiger partial charge is 0.381 e. The fourth-order valence-corrected chi connectivity index (χ4v) is 4.62. The van der Waals surface area contributed by atoms with Gasteiger partial charge in [0.25, 0.3) is 0 Å². The van der Waals surface area contributed by atoms with E-state index >= 15 is 0 Å². The molecule has 2 amide bonds. The number of halogens is 3. The fourth-order valence-electron chi connectivity index (χ4n) is 4.62. The number of hydrogen-bond donors (Lipinski definition) is 0. The molecule has 1 aromatic carbocycles. The highest BCUT2D eigenvalue weighted by molar-refractivity contribution is 5.88. The molecular formula is C23H32F3N3O3. The van der Waals surface area contributed by atoms with Crippen LogP contribution in [0.15, 0.2) is 24.3 Å². The monoisotopic (exact) mass is 455 g/mol. The molecule has 2 aliphatic heterocycles. The minimum absolute atomic E-state index is 0.0691. The highest BCUT2D eigenvalue weighted by atomic mass is 19.4. The van der Waals surface area contributed by atoms with Gasteiger partial charge in [0, 0.05) is 52.5 Å². The van der Waals surface area contributed by atoms with Crippen molar-refractivity contribution < 1.29 is 27.5 Å². The van der Waals surface area contributed by atoms with Gasteiger partial charge in [-0.2, -0.15) is 13.2 Å². The van der Waals surface area contributed by atoms with Gasteiger partial charge in [0.15, 0.2) is 0 Å². The van der Waals surface area contributed by atoms with E-state index in [-0.39, 0.29) is 11.8 Å². The van der Waals surface area contributed by atoms with Crippen LogP contribution in [-0.4, -0.2) is 85.5 Å². The third kappa shape index (κ3) is 5.26. The van der Waals surface area contributed by atoms with Crippen molar-refractivity contribution in [3.8, 4) is 0 Å². The average molecular weight is 456 g/mol. The van der Waals surface area contributed by atoms with Crippen LogP contribution in [0.5, 0.6) is 0 Å². The second-order valence-corrected chi connectivity index (χ2v) is 8.41. The van der Waals surface area contributed by atoms with Crippen LogP contribution >= 0.6 is 0 Å². The first-order valence-electron chi connectivity index (χ1n) is 11.3. The topological polar surface area (TPSA) is 53.1 Å². The number of hydrogen-bond acceptors (Lipinski definition) is 4. The molecule has 32 heavy (non-hydrogen) atoms. The number of alkyl halides is 3. The van der Waals surface area contributed by atoms with Gasteiger partial charge in [-0.15, -0.1) is 0 Å². The lowest BCUT2D eigenvalue weighted by atomic mass is 9.72. The molecule has 6 nitrogen and oxygen atoms in total. The Morgan fingerprint density at radius 1 is 1.06 bits per heavy atom. The van der Waals surface area contributed by atoms with Crippen molar-refractivity contribution in [2.45, 2.75) is 38.3 Å². The number of likely N-dealkylation sites (N-methyl/N-ethyl adjacent to an activating group) is 1. The van der Waals surface area contributed by atoms with Gasteiger partial charge in [-0.25, -0.2) is 0 Å². The molecule has 0 N–H and O–H groups in total. The predicted octanol–water partition coefficient (Wildman–Crippen LogP) is 2.77. The average Bonchev–Trinajstić information content (AvgIpc) is 2.80. The first kappa shape index (κ1) is 24.5. The first-order valence-corrected chi connectivity index (χ1v) is 11.3. The summed E-state index contributed by atoms with van der Waals surface area (Å²) in [5, 5.41) is 0. The van der Waals surface area contributed by atoms with E-state index in [9.17, 15) is 22.8 Å². The molecule has 2 saturated heterocycles. The Bertz CT molecular complexity index is 797. The van der Waals surface area contributed by atoms with E-state index in [1.165, 1.54) is 6.07 Å². The van der Waals surface area contributed by atoms with Gasteiger partial charge in [0.2, 0.25) is 11.8 Å². The van der Waals surface area contributed by atoms with Crippen molar-refractivity contribution in [2.75, 3.05) is 59.0 Å². The van der Waals surface area contributed by atoms with Gasteiger partial charge < -0.3 is 14.5 Å². The van der Waals surface area contributed by atoms with Crippen LogP contribution < -0.4 is 0 Å². The van der Waals surface area contributed by atoms with Crippen molar-refractivity contribution >= 4 is 11.8 Å². The molecule has 178 valence electrons. The quantitative estimate of drug-likeness (QED) is 0.662. The number of benzene rings is 1. The van der Waals surface area contributed by atoms with Crippen molar-refractivity contribution in [3.05, 3.63) is 35.4 Å². The zero-order valence-electron chi connectivity index (χ0n) is 18.8. The van der Waals surface area contributed by atoms with Crippen LogP contribution in [0.4, 0.5) is 13.2 Å². The van der Waals surface area contributed by atoms with E-state index in [0.29, 0.717) is 77.4 Å². The minimum Gasteiger partial charge on any atom is -0.381 e. The summed E-state index contributed by atoms with van der Waals surface area (Å²) in [7, 11) is 0. The maximum absolute atomic E-state index is 13.7. The van der Waals surface area contributed by atoms with Crippen LogP contribution in [0, 0.1) is 0 Å². The van der Waals surface area contributed by atoms with Gasteiger partial charge in [-0.1, -0.05) is 18.2 Å². The standard InChI is InChI=1S/C23H32F3N3O3/c1-3-28(4-2)20(30)17-27-10-12-29(13-11-27)21(31)22(8-14-32-15-9-22)18-6-5-7-19(16-18)23(24,25)26/h5-7,16H,3-4,8-15,17H2,1-2H3. The van der Waals surface area contributed by atoms with Crippen LogP contribution in [-0.2, 0) is 25.9 Å². The number of rotatable bonds is 6. The van der Waals surface area contributed by atoms with Crippen molar-refractivity contribution in [3.63, 3.8) is 0 Å². The SMILES string of the molecule is CCN(CC)C(=O)CN1CCN(C(=O)C2(c3cccc(C(F)(F)F)c3)CCOCC2)CC1. The maximum Gasteiger partial charge on any atom is 0.416 e. The summed E-state index contributed by atoms with van der Waals surface area (Å²) in [5.41, 5.74) is -1.35. The van der Waals surface area contributed by atoms with Crippen LogP contribution in [0.2, 0.25) is 0 Å². The summed E-state index contributed by atoms with van der Waals surface area (Å²) in [6.07, 6.45) is -3.75. The van der Waals surface area contributed by atoms with Gasteiger partial charge in [-0.05, 0) is 38.3 Å². The second kappa shape index (κ2) is 10.2. The van der Waals surface area contributed by atoms with E-state index in [4.69, 9.17) is 4.74 Å². The molecule has 0 radical (unpaired) electrons. The second-order valence-electron chi connectivity index (χ2n) is 8.41. The molecule has 1 aromatic rings. The summed E-state index contributed by atoms with van der Waals surface area (Å²) in [4.78, 5) is 31.6. The summed E-state index contributed by atoms with van der Waals surface area (Å²) >= 11 is 0. The summed E-state index contributed by atoms with van der Waals surface area (Å²) in [6.45, 7) is 8.22. The van der Waals surface area contributed by atoms with Crippen molar-refractivity contribution in [2.24, 2.45) is 0 Å². The zero-order valence-corrected chi connectivity index (χ0v) is 18.8. The van der Waals surface area contributed by atoms with Crippen molar-refractivity contribution in [1.82, 2.24) is 14.7 Å². The number of nitrogens with zero attached hydrogens (tertiary/aromatic N) is 3. The number of piperazine rings is 1. The van der Waals surface area contributed by atoms with E-state index in [0.717, 1.165) is 12.1 Å². The van der Waals surface area contributed by atoms with E-state index < -0.39 is 17.2 Å². The van der Waals surface area contributed by atoms with Crippen LogP contribution in [0.25, 0.3) is 0 Å². The molecule has 0 saturated carbocycles. The highest BCUT2D eigenvalue weighted by Gasteiger charge is 2.45. The molecule has 2 aliphatic rings. The summed E-state index contributed by atoms with van der Waals surface area (Å²) in [6, 6.07) is 5.14. The lowest BCUT2D eigenvalue weighted by molar-refractivity contribution is -0.144. The lowest BCUT2D eigenvalue weighted by Crippen LogP contribution is -2.57. The molecule has 0 spiro atoms. The molecular weight excluding hydrogens is 423 g/mol. The Balaban J connectivity index is 1.74. The first-order chi connectivity index (χ1) is 15.2. The Morgan fingerprint density at radius 3 is 2.25 bits per heavy atom. The Kier molecular flexibility index (Phi) is 7.82. The molecule has 3 rings (SSSR count). The number of carbonyl (C=O) groups is 2. The third-order valence-corrected chi connectivity index (χ3v) is 6.63. The van der Waals surface area contributed by atoms with Crippen LogP contribution in [0.3, 0.4) is 0 Å². The lowest BCUT2D eigenvalue weighted by Gasteiger charge is -2.43. The van der Waals surface area contributed by atoms with Crippen LogP contribution in [0.1, 0.15) is 37.8 Å². The Labute approximate surface area is 187 Å². The third-order valence-electron chi connectivity index (χ3n) is 6.63. The number of amides is 2. The molecule has 2 heterocycles. The maximum atomic E-state index is 13.7. The van der Waals surface area contributed by atoms with E-state index in [1.54, 1.807) is 15.9 Å². The molecule has 2 fully saturated rings. The van der Waals surface area contributed by atoms with Gasteiger partial charge in [0.05, 0.1) is 17.5 Å². The van der Waals surface area contributed by atoms with E-state index in [1.807, 2.05) is 18.7 Å². The Morgan fingerprint density at radius 2 is 1.69 bits per heavy atom. The van der Waals surface area contributed by atoms with Gasteiger partial charge >= 0.3 is 6.18 Å². The number of ether oxygens (including phenoxy) is 1. The molecule has 0 atom stereocenters. The van der Waals surface area contributed by atoms with E-state index in [2.05, 4.69) is 0 Å². The zero-order chi connectivity index (χ0) is 23.4. The summed E-state index contributed by atoms with van der Waals surface area (Å²) in [5.74, 6) is -0.0746. The Hall–Kier alpha value is -2.13. The molecule has 0 aliphatic carbocycles. The molecule has 0 aromatic heterocycles. The minimum atomic E-state index is -4.46. The highest BCUT2D eigenvalue weighted by Crippen LogP contribution is 2.39. The largest absolute Gasteiger partial charge is 0.416 e. The molecule has 0 bridgehead atoms. The van der Waals surface area contributed by atoms with Gasteiger partial charge in [-0.3, -0.25) is 14.5 Å². The summed E-state index contributed by atoms with van der Waals surface area (Å²) < 4.78 is 45.4. The fraction of sp³-hybridized carbons (Fsp3) is 0.652. The number of carbonyl (C=O) groups excluding carboxylic acids is 2. The van der Waals surface area contributed by atoms with Gasteiger partial charge in [0.1, 0.15) is 0 Å². The predicted molar refractivity (Wildman–Crippen MR) is 114 cm³/mol. The molecule has 0 unspecified atom stereocenters. The normalized spacial score (nSPS) is 19.6.